The van der Waals surface area contributed by atoms with Crippen LogP contribution in [0.4, 0.5) is 0 Å². The highest BCUT2D eigenvalue weighted by molar-refractivity contribution is 6.09. The molecule has 5 heteroatoms. The molecule has 3 aromatic heterocycles. The van der Waals surface area contributed by atoms with Crippen molar-refractivity contribution in [2.75, 3.05) is 0 Å². The highest BCUT2D eigenvalue weighted by Crippen LogP contribution is 2.42. The highest BCUT2D eigenvalue weighted by Gasteiger charge is 2.25. The van der Waals surface area contributed by atoms with E-state index >= 15 is 0 Å². The molecule has 0 radical (unpaired) electrons. The molecule has 0 aliphatic carbocycles. The van der Waals surface area contributed by atoms with Gasteiger partial charge in [-0.2, -0.15) is 0 Å². The SMILES string of the molecule is [2H]c1c([2H])c([2H])c(-c2cc(C(C)(C)C)cc(-c3c([2H])c(-c4c([2H])c([2H])c([2H])c([2H])c4[2H])c([2H])c(-c4c([2H])c([2H])c([2H])c([2H])c4[2H])c3[2H])c2-[n+]2[c-]n(-c3cccc(Oc4ccc5c6ccccc6n(-c6cc(C(C)(C)C)ccn6)c5c4)c3)c3ccccc32)c([2H])c1[2H]. The van der Waals surface area contributed by atoms with Crippen LogP contribution in [-0.4, -0.2) is 14.1 Å². The third kappa shape index (κ3) is 8.57. The highest BCUT2D eigenvalue weighted by atomic mass is 16.5. The number of nitrogens with zero attached hydrogens (tertiary/aromatic N) is 4. The lowest BCUT2D eigenvalue weighted by atomic mass is 9.81. The number of ether oxygens (including phenoxy) is 1. The molecule has 0 aliphatic heterocycles. The van der Waals surface area contributed by atoms with Crippen LogP contribution in [0.3, 0.4) is 0 Å². The molecule has 12 rings (SSSR count). The quantitative estimate of drug-likeness (QED) is 0.107. The molecule has 73 heavy (non-hydrogen) atoms. The molecular formula is C68H56N4O. The van der Waals surface area contributed by atoms with Gasteiger partial charge >= 0.3 is 0 Å². The standard InChI is InChI=1S/C68H56N4O/c1-67(2,3)52-35-36-69-65(42-52)72-61-30-17-16-29-57(61)58-34-33-56(44-64(58)72)73-55-28-20-27-54(43-55)70-45-71(63-32-19-18-31-62(63)70)66-59(48-25-14-9-15-26-48)40-53(68(4,5)6)41-60(66)51-38-49(46-21-10-7-11-22-46)37-50(39-51)47-23-12-8-13-24-47/h7-44H,1-6H3/i7D,8D,9D,10D,11D,12D,13D,14D,15D,21D,22D,23D,24D,25D,26D,37D,38D,39D. The van der Waals surface area contributed by atoms with E-state index < -0.39 is 142 Å². The Labute approximate surface area is 453 Å². The molecule has 0 saturated carbocycles. The number of hydrogen-bond acceptors (Lipinski definition) is 2. The molecule has 0 aliphatic rings. The van der Waals surface area contributed by atoms with Gasteiger partial charge in [-0.15, -0.1) is 0 Å². The molecule has 0 unspecified atom stereocenters. The van der Waals surface area contributed by atoms with E-state index in [0.29, 0.717) is 33.8 Å². The van der Waals surface area contributed by atoms with Crippen LogP contribution in [0.5, 0.6) is 11.5 Å². The first-order valence-corrected chi connectivity index (χ1v) is 23.7. The Kier molecular flexibility index (Phi) is 7.32. The van der Waals surface area contributed by atoms with Gasteiger partial charge in [-0.3, -0.25) is 13.7 Å². The van der Waals surface area contributed by atoms with Gasteiger partial charge in [0.1, 0.15) is 17.3 Å². The number of aromatic nitrogens is 4. The number of fused-ring (bicyclic) bond motifs is 4. The van der Waals surface area contributed by atoms with Crippen LogP contribution in [0.15, 0.2) is 230 Å². The lowest BCUT2D eigenvalue weighted by molar-refractivity contribution is -0.571. The van der Waals surface area contributed by atoms with Crippen molar-refractivity contribution in [3.8, 4) is 73.2 Å². The Morgan fingerprint density at radius 1 is 0.493 bits per heavy atom. The van der Waals surface area contributed by atoms with Crippen molar-refractivity contribution in [2.45, 2.75) is 52.4 Å². The Hall–Kier alpha value is -8.80. The molecule has 3 heterocycles. The summed E-state index contributed by atoms with van der Waals surface area (Å²) in [6.07, 6.45) is 5.28. The van der Waals surface area contributed by atoms with Crippen molar-refractivity contribution >= 4 is 32.8 Å². The summed E-state index contributed by atoms with van der Waals surface area (Å²) in [4.78, 5) is 4.84. The van der Waals surface area contributed by atoms with Crippen LogP contribution in [0.25, 0.3) is 94.5 Å². The van der Waals surface area contributed by atoms with Gasteiger partial charge in [-0.05, 0) is 133 Å². The van der Waals surface area contributed by atoms with Crippen LogP contribution < -0.4 is 9.30 Å². The molecule has 0 saturated heterocycles. The third-order valence-electron chi connectivity index (χ3n) is 12.8. The summed E-state index contributed by atoms with van der Waals surface area (Å²) in [6, 6.07) is 21.6. The first-order chi connectivity index (χ1) is 42.9. The van der Waals surface area contributed by atoms with Crippen molar-refractivity contribution in [2.24, 2.45) is 0 Å². The number of para-hydroxylation sites is 3. The van der Waals surface area contributed by atoms with Gasteiger partial charge < -0.3 is 4.74 Å². The first-order valence-electron chi connectivity index (χ1n) is 32.7. The molecule has 354 valence electrons. The molecule has 0 N–H and O–H groups in total. The van der Waals surface area contributed by atoms with Crippen LogP contribution in [0, 0.1) is 6.33 Å². The molecule has 9 aromatic carbocycles. The molecular weight excluding hydrogens is 889 g/mol. The van der Waals surface area contributed by atoms with E-state index in [0.717, 1.165) is 33.2 Å². The van der Waals surface area contributed by atoms with Gasteiger partial charge in [-0.25, -0.2) is 4.98 Å². The zero-order valence-electron chi connectivity index (χ0n) is 58.7. The maximum atomic E-state index is 10.3. The fourth-order valence-corrected chi connectivity index (χ4v) is 9.18. The van der Waals surface area contributed by atoms with Gasteiger partial charge in [0.15, 0.2) is 0 Å². The zero-order valence-corrected chi connectivity index (χ0v) is 40.7. The third-order valence-corrected chi connectivity index (χ3v) is 12.8. The van der Waals surface area contributed by atoms with Gasteiger partial charge in [0, 0.05) is 23.0 Å². The maximum absolute atomic E-state index is 10.3. The Morgan fingerprint density at radius 3 is 1.74 bits per heavy atom. The topological polar surface area (TPSA) is 35.9 Å². The number of pyridine rings is 1. The second-order valence-corrected chi connectivity index (χ2v) is 19.7. The lowest BCUT2D eigenvalue weighted by Gasteiger charge is -2.25. The molecule has 5 nitrogen and oxygen atoms in total. The Morgan fingerprint density at radius 2 is 1.07 bits per heavy atom. The predicted octanol–water partition coefficient (Wildman–Crippen LogP) is 17.3. The Balaban J connectivity index is 1.16. The average Bonchev–Trinajstić information content (AvgIpc) is 1.55. The number of benzene rings is 9. The molecule has 0 atom stereocenters. The minimum Gasteiger partial charge on any atom is -0.458 e. The van der Waals surface area contributed by atoms with Crippen LogP contribution in [0.1, 0.15) is 77.3 Å². The summed E-state index contributed by atoms with van der Waals surface area (Å²) >= 11 is 0. The van der Waals surface area contributed by atoms with Crippen molar-refractivity contribution < 1.29 is 34.0 Å². The number of rotatable bonds is 9. The van der Waals surface area contributed by atoms with E-state index in [4.69, 9.17) is 22.1 Å². The van der Waals surface area contributed by atoms with E-state index in [2.05, 4.69) is 49.9 Å². The molecule has 0 fully saturated rings. The van der Waals surface area contributed by atoms with Gasteiger partial charge in [0.05, 0.1) is 58.1 Å². The molecule has 0 spiro atoms. The van der Waals surface area contributed by atoms with E-state index in [-0.39, 0.29) is 27.8 Å². The summed E-state index contributed by atoms with van der Waals surface area (Å²) in [7, 11) is 0. The number of imidazole rings is 1. The largest absolute Gasteiger partial charge is 0.458 e. The van der Waals surface area contributed by atoms with E-state index in [1.807, 2.05) is 69.4 Å². The summed E-state index contributed by atoms with van der Waals surface area (Å²) < 4.78 is 177. The summed E-state index contributed by atoms with van der Waals surface area (Å²) in [5, 5.41) is 2.01. The van der Waals surface area contributed by atoms with Crippen LogP contribution in [0.2, 0.25) is 0 Å². The monoisotopic (exact) mass is 963 g/mol. The predicted molar refractivity (Wildman–Crippen MR) is 301 cm³/mol. The van der Waals surface area contributed by atoms with E-state index in [9.17, 15) is 12.3 Å². The normalized spacial score (nSPS) is 15.4. The smallest absolute Gasteiger partial charge is 0.269 e. The van der Waals surface area contributed by atoms with Crippen LogP contribution >= 0.6 is 0 Å². The fraction of sp³-hybridized carbons (Fsp3) is 0.118. The second kappa shape index (κ2) is 18.1. The lowest BCUT2D eigenvalue weighted by Crippen LogP contribution is -2.32. The van der Waals surface area contributed by atoms with E-state index in [1.165, 1.54) is 4.57 Å². The minimum atomic E-state index is -0.890. The van der Waals surface area contributed by atoms with E-state index in [1.54, 1.807) is 59.2 Å². The number of hydrogen-bond donors (Lipinski definition) is 0. The fourth-order valence-electron chi connectivity index (χ4n) is 9.18. The molecule has 0 amide bonds. The molecule has 0 bridgehead atoms. The summed E-state index contributed by atoms with van der Waals surface area (Å²) in [5.74, 6) is 1.65. The van der Waals surface area contributed by atoms with Crippen molar-refractivity contribution in [1.29, 1.82) is 0 Å². The van der Waals surface area contributed by atoms with Gasteiger partial charge in [0.2, 0.25) is 0 Å². The summed E-state index contributed by atoms with van der Waals surface area (Å²) in [6.45, 7) is 12.0. The Bertz CT molecular complexity index is 4930. The van der Waals surface area contributed by atoms with Crippen LogP contribution in [-0.2, 0) is 10.8 Å². The maximum Gasteiger partial charge on any atom is 0.269 e. The van der Waals surface area contributed by atoms with Crippen molar-refractivity contribution in [1.82, 2.24) is 14.1 Å². The average molecular weight is 963 g/mol. The minimum absolute atomic E-state index is 0.0312. The van der Waals surface area contributed by atoms with Gasteiger partial charge in [-0.1, -0.05) is 193 Å². The zero-order chi connectivity index (χ0) is 65.5. The second-order valence-electron chi connectivity index (χ2n) is 19.7. The molecule has 12 aromatic rings. The van der Waals surface area contributed by atoms with Crippen molar-refractivity contribution in [3.63, 3.8) is 0 Å². The summed E-state index contributed by atoms with van der Waals surface area (Å²) in [5.41, 5.74) is 0.102. The van der Waals surface area contributed by atoms with Crippen molar-refractivity contribution in [3.05, 3.63) is 248 Å². The van der Waals surface area contributed by atoms with Gasteiger partial charge in [0.25, 0.3) is 6.33 Å². The first kappa shape index (κ1) is 29.5.